The highest BCUT2D eigenvalue weighted by Gasteiger charge is 2.29. The number of allylic oxidation sites excluding steroid dienone is 3. The SMILES string of the molecule is C1=CC2=NC(n3c4c(c5c6ccccc6ccc53)CCC(c3ccccc3)=C4)=C(c3ccccc3)NC2C=C1. The molecule has 1 atom stereocenters. The lowest BCUT2D eigenvalue weighted by molar-refractivity contribution is 0.865. The predicted octanol–water partition coefficient (Wildman–Crippen LogP) is 8.10. The zero-order valence-corrected chi connectivity index (χ0v) is 21.5. The smallest absolute Gasteiger partial charge is 0.162 e. The van der Waals surface area contributed by atoms with Gasteiger partial charge < -0.3 is 5.32 Å². The van der Waals surface area contributed by atoms with Gasteiger partial charge in [0.2, 0.25) is 0 Å². The van der Waals surface area contributed by atoms with Crippen molar-refractivity contribution >= 4 is 50.6 Å². The molecule has 2 aliphatic carbocycles. The first-order valence-corrected chi connectivity index (χ1v) is 13.7. The van der Waals surface area contributed by atoms with Crippen LogP contribution in [0.5, 0.6) is 0 Å². The summed E-state index contributed by atoms with van der Waals surface area (Å²) in [5.41, 5.74) is 9.72. The van der Waals surface area contributed by atoms with Crippen molar-refractivity contribution in [2.75, 3.05) is 0 Å². The molecule has 1 aliphatic heterocycles. The summed E-state index contributed by atoms with van der Waals surface area (Å²) in [7, 11) is 0. The number of rotatable bonds is 3. The van der Waals surface area contributed by atoms with Crippen molar-refractivity contribution in [3.63, 3.8) is 0 Å². The lowest BCUT2D eigenvalue weighted by Gasteiger charge is -2.29. The summed E-state index contributed by atoms with van der Waals surface area (Å²) < 4.78 is 2.41. The predicted molar refractivity (Wildman–Crippen MR) is 164 cm³/mol. The van der Waals surface area contributed by atoms with E-state index in [0.717, 1.165) is 35.6 Å². The maximum Gasteiger partial charge on any atom is 0.162 e. The molecule has 3 nitrogen and oxygen atoms in total. The number of hydrogen-bond donors (Lipinski definition) is 1. The standard InChI is InChI=1S/C36H27N3/c1-3-11-24(12-4-1)27-19-21-29-33(23-27)39(32-22-20-25-13-7-8-16-28(25)34(29)32)36-35(26-14-5-2-6-15-26)37-30-17-9-10-18-31(30)38-36/h1-18,20,22-23,30,37H,19,21H2. The molecule has 5 aromatic rings. The van der Waals surface area contributed by atoms with E-state index in [2.05, 4.69) is 137 Å². The van der Waals surface area contributed by atoms with Gasteiger partial charge in [0.05, 0.1) is 28.7 Å². The van der Waals surface area contributed by atoms with Crippen LogP contribution >= 0.6 is 0 Å². The molecular formula is C36H27N3. The van der Waals surface area contributed by atoms with E-state index in [0.29, 0.717) is 0 Å². The molecule has 0 amide bonds. The Balaban J connectivity index is 1.48. The Morgan fingerprint density at radius 1 is 0.744 bits per heavy atom. The molecule has 2 heterocycles. The molecule has 4 aromatic carbocycles. The molecule has 1 unspecified atom stereocenters. The first kappa shape index (κ1) is 22.1. The number of nitrogens with one attached hydrogen (secondary N) is 1. The van der Waals surface area contributed by atoms with Gasteiger partial charge in [-0.2, -0.15) is 0 Å². The molecule has 0 radical (unpaired) electrons. The number of nitrogens with zero attached hydrogens (tertiary/aromatic N) is 2. The molecule has 1 aromatic heterocycles. The summed E-state index contributed by atoms with van der Waals surface area (Å²) in [6.07, 6.45) is 12.9. The maximum atomic E-state index is 5.37. The Morgan fingerprint density at radius 3 is 2.36 bits per heavy atom. The molecule has 39 heavy (non-hydrogen) atoms. The van der Waals surface area contributed by atoms with Crippen LogP contribution in [0.25, 0.3) is 44.8 Å². The third-order valence-corrected chi connectivity index (χ3v) is 8.13. The van der Waals surface area contributed by atoms with Crippen molar-refractivity contribution in [2.24, 2.45) is 4.99 Å². The highest BCUT2D eigenvalue weighted by atomic mass is 15.2. The van der Waals surface area contributed by atoms with Crippen LogP contribution < -0.4 is 5.32 Å². The van der Waals surface area contributed by atoms with Gasteiger partial charge in [0.15, 0.2) is 5.82 Å². The lowest BCUT2D eigenvalue weighted by atomic mass is 9.90. The third kappa shape index (κ3) is 3.54. The van der Waals surface area contributed by atoms with Gasteiger partial charge >= 0.3 is 0 Å². The Kier molecular flexibility index (Phi) is 5.02. The van der Waals surface area contributed by atoms with Crippen LogP contribution in [0.3, 0.4) is 0 Å². The minimum absolute atomic E-state index is 0.0582. The summed E-state index contributed by atoms with van der Waals surface area (Å²) in [6.45, 7) is 0. The molecule has 8 rings (SSSR count). The number of aryl methyl sites for hydroxylation is 1. The van der Waals surface area contributed by atoms with Gasteiger partial charge in [-0.25, -0.2) is 4.99 Å². The van der Waals surface area contributed by atoms with Crippen molar-refractivity contribution in [3.8, 4) is 0 Å². The summed E-state index contributed by atoms with van der Waals surface area (Å²) in [4.78, 5) is 5.37. The van der Waals surface area contributed by atoms with Gasteiger partial charge in [-0.15, -0.1) is 0 Å². The molecule has 1 N–H and O–H groups in total. The molecule has 3 aliphatic rings. The van der Waals surface area contributed by atoms with E-state index in [-0.39, 0.29) is 6.04 Å². The van der Waals surface area contributed by atoms with Crippen LogP contribution in [-0.4, -0.2) is 16.3 Å². The fourth-order valence-electron chi connectivity index (χ4n) is 6.30. The van der Waals surface area contributed by atoms with E-state index in [9.17, 15) is 0 Å². The number of aliphatic imine (C=N–C) groups is 1. The second-order valence-electron chi connectivity index (χ2n) is 10.4. The fraction of sp³-hybridized carbons (Fsp3) is 0.0833. The van der Waals surface area contributed by atoms with Crippen LogP contribution in [0.15, 0.2) is 126 Å². The zero-order chi connectivity index (χ0) is 25.8. The second-order valence-corrected chi connectivity index (χ2v) is 10.4. The van der Waals surface area contributed by atoms with Crippen molar-refractivity contribution in [3.05, 3.63) is 144 Å². The van der Waals surface area contributed by atoms with E-state index in [4.69, 9.17) is 4.99 Å². The van der Waals surface area contributed by atoms with E-state index < -0.39 is 0 Å². The highest BCUT2D eigenvalue weighted by Crippen LogP contribution is 2.43. The van der Waals surface area contributed by atoms with Crippen molar-refractivity contribution in [1.29, 1.82) is 0 Å². The van der Waals surface area contributed by atoms with Crippen LogP contribution in [0.4, 0.5) is 0 Å². The van der Waals surface area contributed by atoms with Gasteiger partial charge in [-0.3, -0.25) is 4.57 Å². The molecule has 0 saturated heterocycles. The Labute approximate surface area is 227 Å². The summed E-state index contributed by atoms with van der Waals surface area (Å²) >= 11 is 0. The minimum atomic E-state index is 0.0582. The normalized spacial score (nSPS) is 18.0. The number of hydrogen-bond acceptors (Lipinski definition) is 2. The monoisotopic (exact) mass is 501 g/mol. The van der Waals surface area contributed by atoms with Gasteiger partial charge in [-0.1, -0.05) is 109 Å². The molecule has 0 fully saturated rings. The van der Waals surface area contributed by atoms with Crippen molar-refractivity contribution < 1.29 is 0 Å². The third-order valence-electron chi connectivity index (χ3n) is 8.13. The first-order chi connectivity index (χ1) is 19.3. The number of fused-ring (bicyclic) bond motifs is 6. The highest BCUT2D eigenvalue weighted by molar-refractivity contribution is 6.14. The van der Waals surface area contributed by atoms with Gasteiger partial charge in [0.25, 0.3) is 0 Å². The number of aromatic nitrogens is 1. The number of benzene rings is 4. The maximum absolute atomic E-state index is 5.37. The molecule has 0 saturated carbocycles. The summed E-state index contributed by atoms with van der Waals surface area (Å²) in [5.74, 6) is 0.944. The van der Waals surface area contributed by atoms with Crippen molar-refractivity contribution in [1.82, 2.24) is 9.88 Å². The Bertz CT molecular complexity index is 1910. The van der Waals surface area contributed by atoms with Gasteiger partial charge in [0, 0.05) is 10.9 Å². The average Bonchev–Trinajstić information content (AvgIpc) is 3.35. The van der Waals surface area contributed by atoms with Crippen LogP contribution in [-0.2, 0) is 6.42 Å². The van der Waals surface area contributed by atoms with Crippen LogP contribution in [0.1, 0.15) is 28.8 Å². The van der Waals surface area contributed by atoms with Gasteiger partial charge in [-0.05, 0) is 58.5 Å². The van der Waals surface area contributed by atoms with E-state index >= 15 is 0 Å². The molecule has 0 spiro atoms. The molecule has 3 heteroatoms. The largest absolute Gasteiger partial charge is 0.370 e. The zero-order valence-electron chi connectivity index (χ0n) is 21.5. The summed E-state index contributed by atoms with van der Waals surface area (Å²) in [6, 6.07) is 34.7. The quantitative estimate of drug-likeness (QED) is 0.266. The second kappa shape index (κ2) is 8.85. The lowest BCUT2D eigenvalue weighted by Crippen LogP contribution is -2.38. The van der Waals surface area contributed by atoms with Gasteiger partial charge in [0.1, 0.15) is 0 Å². The van der Waals surface area contributed by atoms with E-state index in [1.54, 1.807) is 0 Å². The van der Waals surface area contributed by atoms with Crippen LogP contribution in [0, 0.1) is 0 Å². The Hall–Kier alpha value is -4.89. The minimum Gasteiger partial charge on any atom is -0.370 e. The van der Waals surface area contributed by atoms with Crippen molar-refractivity contribution in [2.45, 2.75) is 18.9 Å². The Morgan fingerprint density at radius 2 is 1.51 bits per heavy atom. The molecule has 186 valence electrons. The van der Waals surface area contributed by atoms with E-state index in [1.807, 2.05) is 0 Å². The topological polar surface area (TPSA) is 29.3 Å². The molecule has 0 bridgehead atoms. The fourth-order valence-corrected chi connectivity index (χ4v) is 6.30. The first-order valence-electron chi connectivity index (χ1n) is 13.7. The van der Waals surface area contributed by atoms with E-state index in [1.165, 1.54) is 44.1 Å². The molecular weight excluding hydrogens is 474 g/mol. The summed E-state index contributed by atoms with van der Waals surface area (Å²) in [5, 5.41) is 7.75. The average molecular weight is 502 g/mol. The van der Waals surface area contributed by atoms with Crippen LogP contribution in [0.2, 0.25) is 0 Å².